The van der Waals surface area contributed by atoms with Crippen LogP contribution >= 0.6 is 0 Å². The SMILES string of the molecule is CCC.C[C@@H]1CCOC1. The van der Waals surface area contributed by atoms with Gasteiger partial charge < -0.3 is 4.74 Å². The molecular weight excluding hydrogens is 112 g/mol. The smallest absolute Gasteiger partial charge is 0.0492 e. The predicted octanol–water partition coefficient (Wildman–Crippen LogP) is 2.46. The van der Waals surface area contributed by atoms with Gasteiger partial charge in [0, 0.05) is 13.2 Å². The van der Waals surface area contributed by atoms with Crippen LogP contribution in [0, 0.1) is 5.92 Å². The van der Waals surface area contributed by atoms with E-state index in [-0.39, 0.29) is 0 Å². The first-order valence-electron chi connectivity index (χ1n) is 3.89. The largest absolute Gasteiger partial charge is 0.381 e. The maximum absolute atomic E-state index is 5.06. The average molecular weight is 130 g/mol. The molecule has 1 heterocycles. The summed E-state index contributed by atoms with van der Waals surface area (Å²) in [4.78, 5) is 0. The van der Waals surface area contributed by atoms with Crippen LogP contribution in [0.15, 0.2) is 0 Å². The minimum absolute atomic E-state index is 0.824. The third-order valence-corrected chi connectivity index (χ3v) is 1.16. The highest BCUT2D eigenvalue weighted by molar-refractivity contribution is 4.55. The van der Waals surface area contributed by atoms with E-state index in [2.05, 4.69) is 20.8 Å². The Hall–Kier alpha value is -0.0400. The molecule has 0 unspecified atom stereocenters. The summed E-state index contributed by atoms with van der Waals surface area (Å²) in [6.45, 7) is 8.44. The fourth-order valence-corrected chi connectivity index (χ4v) is 0.652. The van der Waals surface area contributed by atoms with Gasteiger partial charge in [-0.05, 0) is 12.3 Å². The molecule has 1 fully saturated rings. The van der Waals surface area contributed by atoms with Crippen molar-refractivity contribution in [2.75, 3.05) is 13.2 Å². The zero-order valence-electron chi connectivity index (χ0n) is 6.81. The summed E-state index contributed by atoms with van der Waals surface area (Å²) < 4.78 is 5.06. The number of ether oxygens (including phenoxy) is 1. The maximum atomic E-state index is 5.06. The number of hydrogen-bond donors (Lipinski definition) is 0. The Kier molecular flexibility index (Phi) is 6.06. The lowest BCUT2D eigenvalue weighted by atomic mass is 10.2. The molecule has 0 saturated carbocycles. The van der Waals surface area contributed by atoms with Crippen molar-refractivity contribution in [1.82, 2.24) is 0 Å². The highest BCUT2D eigenvalue weighted by Gasteiger charge is 2.07. The molecule has 1 nitrogen and oxygen atoms in total. The third-order valence-electron chi connectivity index (χ3n) is 1.16. The lowest BCUT2D eigenvalue weighted by Gasteiger charge is -1.89. The van der Waals surface area contributed by atoms with Crippen LogP contribution in [-0.2, 0) is 4.74 Å². The van der Waals surface area contributed by atoms with Crippen LogP contribution in [0.5, 0.6) is 0 Å². The van der Waals surface area contributed by atoms with Gasteiger partial charge in [-0.2, -0.15) is 0 Å². The highest BCUT2D eigenvalue weighted by Crippen LogP contribution is 2.09. The Bertz CT molecular complexity index is 46.5. The second-order valence-corrected chi connectivity index (χ2v) is 2.68. The molecule has 1 saturated heterocycles. The van der Waals surface area contributed by atoms with Gasteiger partial charge in [-0.15, -0.1) is 0 Å². The Morgan fingerprint density at radius 1 is 1.44 bits per heavy atom. The molecule has 0 radical (unpaired) electrons. The van der Waals surface area contributed by atoms with E-state index in [4.69, 9.17) is 4.74 Å². The highest BCUT2D eigenvalue weighted by atomic mass is 16.5. The molecular formula is C8H18O. The lowest BCUT2D eigenvalue weighted by molar-refractivity contribution is 0.188. The van der Waals surface area contributed by atoms with Gasteiger partial charge in [-0.1, -0.05) is 27.2 Å². The van der Waals surface area contributed by atoms with E-state index in [0.29, 0.717) is 0 Å². The summed E-state index contributed by atoms with van der Waals surface area (Å²) in [6.07, 6.45) is 2.51. The number of hydrogen-bond acceptors (Lipinski definition) is 1. The van der Waals surface area contributed by atoms with Gasteiger partial charge in [-0.25, -0.2) is 0 Å². The van der Waals surface area contributed by atoms with Crippen molar-refractivity contribution in [3.05, 3.63) is 0 Å². The normalized spacial score (nSPS) is 25.0. The van der Waals surface area contributed by atoms with Crippen LogP contribution in [0.25, 0.3) is 0 Å². The molecule has 1 aliphatic rings. The van der Waals surface area contributed by atoms with Crippen LogP contribution in [0.4, 0.5) is 0 Å². The molecule has 0 N–H and O–H groups in total. The van der Waals surface area contributed by atoms with E-state index in [1.54, 1.807) is 0 Å². The minimum atomic E-state index is 0.824. The second kappa shape index (κ2) is 6.09. The fraction of sp³-hybridized carbons (Fsp3) is 1.00. The van der Waals surface area contributed by atoms with Crippen molar-refractivity contribution in [3.63, 3.8) is 0 Å². The minimum Gasteiger partial charge on any atom is -0.381 e. The molecule has 0 bridgehead atoms. The first-order chi connectivity index (χ1) is 4.31. The van der Waals surface area contributed by atoms with Crippen molar-refractivity contribution in [1.29, 1.82) is 0 Å². The zero-order chi connectivity index (χ0) is 7.11. The van der Waals surface area contributed by atoms with Crippen LogP contribution in [0.2, 0.25) is 0 Å². The van der Waals surface area contributed by atoms with E-state index in [9.17, 15) is 0 Å². The molecule has 9 heavy (non-hydrogen) atoms. The molecule has 0 aromatic carbocycles. The molecule has 1 heteroatoms. The van der Waals surface area contributed by atoms with Crippen LogP contribution in [-0.4, -0.2) is 13.2 Å². The summed E-state index contributed by atoms with van der Waals surface area (Å²) in [5.74, 6) is 0.824. The molecule has 0 aliphatic carbocycles. The monoisotopic (exact) mass is 130 g/mol. The van der Waals surface area contributed by atoms with E-state index in [1.165, 1.54) is 12.8 Å². The van der Waals surface area contributed by atoms with Crippen molar-refractivity contribution >= 4 is 0 Å². The maximum Gasteiger partial charge on any atom is 0.0492 e. The topological polar surface area (TPSA) is 9.23 Å². The molecule has 1 aliphatic heterocycles. The molecule has 1 atom stereocenters. The lowest BCUT2D eigenvalue weighted by Crippen LogP contribution is -1.88. The molecule has 0 aromatic heterocycles. The molecule has 0 amide bonds. The fourth-order valence-electron chi connectivity index (χ4n) is 0.652. The number of rotatable bonds is 0. The van der Waals surface area contributed by atoms with Crippen LogP contribution < -0.4 is 0 Å². The van der Waals surface area contributed by atoms with Crippen LogP contribution in [0.1, 0.15) is 33.6 Å². The quantitative estimate of drug-likeness (QED) is 0.489. The van der Waals surface area contributed by atoms with Gasteiger partial charge in [0.1, 0.15) is 0 Å². The summed E-state index contributed by atoms with van der Waals surface area (Å²) in [6, 6.07) is 0. The Labute approximate surface area is 58.4 Å². The van der Waals surface area contributed by atoms with Crippen LogP contribution in [0.3, 0.4) is 0 Å². The molecule has 56 valence electrons. The Morgan fingerprint density at radius 2 is 2.00 bits per heavy atom. The van der Waals surface area contributed by atoms with E-state index < -0.39 is 0 Å². The van der Waals surface area contributed by atoms with Gasteiger partial charge in [0.2, 0.25) is 0 Å². The first kappa shape index (κ1) is 8.96. The second-order valence-electron chi connectivity index (χ2n) is 2.68. The molecule has 0 spiro atoms. The van der Waals surface area contributed by atoms with E-state index in [0.717, 1.165) is 19.1 Å². The summed E-state index contributed by atoms with van der Waals surface area (Å²) in [5.41, 5.74) is 0. The van der Waals surface area contributed by atoms with Gasteiger partial charge >= 0.3 is 0 Å². The third kappa shape index (κ3) is 5.84. The first-order valence-corrected chi connectivity index (χ1v) is 3.89. The molecule has 0 aromatic rings. The molecule has 1 rings (SSSR count). The van der Waals surface area contributed by atoms with E-state index >= 15 is 0 Å². The summed E-state index contributed by atoms with van der Waals surface area (Å²) in [5, 5.41) is 0. The van der Waals surface area contributed by atoms with Crippen molar-refractivity contribution in [2.45, 2.75) is 33.6 Å². The van der Waals surface area contributed by atoms with Gasteiger partial charge in [0.05, 0.1) is 0 Å². The standard InChI is InChI=1S/C5H10O.C3H8/c1-5-2-3-6-4-5;1-3-2/h5H,2-4H2,1H3;3H2,1-2H3/t5-;/m1./s1. The zero-order valence-corrected chi connectivity index (χ0v) is 6.81. The van der Waals surface area contributed by atoms with Gasteiger partial charge in [0.25, 0.3) is 0 Å². The van der Waals surface area contributed by atoms with Crippen molar-refractivity contribution in [3.8, 4) is 0 Å². The predicted molar refractivity (Wildman–Crippen MR) is 40.6 cm³/mol. The summed E-state index contributed by atoms with van der Waals surface area (Å²) in [7, 11) is 0. The van der Waals surface area contributed by atoms with E-state index in [1.807, 2.05) is 0 Å². The Balaban J connectivity index is 0.000000187. The van der Waals surface area contributed by atoms with Gasteiger partial charge in [-0.3, -0.25) is 0 Å². The summed E-state index contributed by atoms with van der Waals surface area (Å²) >= 11 is 0. The van der Waals surface area contributed by atoms with Crippen molar-refractivity contribution in [2.24, 2.45) is 5.92 Å². The average Bonchev–Trinajstić information content (AvgIpc) is 2.20. The van der Waals surface area contributed by atoms with Gasteiger partial charge in [0.15, 0.2) is 0 Å². The Morgan fingerprint density at radius 3 is 2.11 bits per heavy atom. The van der Waals surface area contributed by atoms with Crippen molar-refractivity contribution < 1.29 is 4.74 Å².